The normalized spacial score (nSPS) is 22.9. The van der Waals surface area contributed by atoms with Gasteiger partial charge in [-0.3, -0.25) is 33.7 Å². The van der Waals surface area contributed by atoms with Gasteiger partial charge in [0.1, 0.15) is 22.8 Å². The minimum Gasteiger partial charge on any atom is -0.389 e. The number of nitrogens with one attached hydrogen (secondary N) is 1. The van der Waals surface area contributed by atoms with Crippen molar-refractivity contribution in [1.29, 1.82) is 5.26 Å². The number of benzene rings is 1. The highest BCUT2D eigenvalue weighted by Crippen LogP contribution is 2.48. The van der Waals surface area contributed by atoms with Crippen LogP contribution in [-0.4, -0.2) is 127 Å². The SMILES string of the molecule is Cn1c(=O)n(C2CCC(=O)NC2=O)c2ccc(C3CCN(CC4CCN(C(=O)CN5CCN(c6nccc(-c7noc([C@@]8(C)CCCc9sc(N)c(C#N)c98)n7)n6)CC5)CC4)CC3)cc21. The van der Waals surface area contributed by atoms with Crippen LogP contribution in [0.2, 0.25) is 0 Å². The lowest BCUT2D eigenvalue weighted by atomic mass is 9.72. The van der Waals surface area contributed by atoms with E-state index in [1.165, 1.54) is 16.9 Å². The van der Waals surface area contributed by atoms with Crippen LogP contribution < -0.4 is 21.6 Å². The number of likely N-dealkylation sites (tertiary alicyclic amines) is 2. The Labute approximate surface area is 380 Å². The fourth-order valence-corrected chi connectivity index (χ4v) is 12.1. The predicted molar refractivity (Wildman–Crippen MR) is 243 cm³/mol. The molecule has 8 heterocycles. The van der Waals surface area contributed by atoms with Crippen molar-refractivity contribution in [3.05, 3.63) is 68.4 Å². The zero-order valence-corrected chi connectivity index (χ0v) is 37.8. The fourth-order valence-electron chi connectivity index (χ4n) is 10.9. The Kier molecular flexibility index (Phi) is 11.5. The van der Waals surface area contributed by atoms with Crippen LogP contribution in [0.3, 0.4) is 0 Å². The van der Waals surface area contributed by atoms with Gasteiger partial charge in [0.05, 0.1) is 28.6 Å². The molecular formula is C46H55N13O5S. The van der Waals surface area contributed by atoms with Crippen molar-refractivity contribution >= 4 is 51.0 Å². The van der Waals surface area contributed by atoms with Gasteiger partial charge >= 0.3 is 5.69 Å². The maximum Gasteiger partial charge on any atom is 0.329 e. The van der Waals surface area contributed by atoms with Gasteiger partial charge < -0.3 is 25.0 Å². The lowest BCUT2D eigenvalue weighted by Crippen LogP contribution is -2.51. The number of aryl methyl sites for hydroxylation is 2. The number of carbonyl (C=O) groups is 3. The van der Waals surface area contributed by atoms with Gasteiger partial charge in [-0.15, -0.1) is 11.3 Å². The number of nitrogens with zero attached hydrogens (tertiary/aromatic N) is 11. The summed E-state index contributed by atoms with van der Waals surface area (Å²) < 4.78 is 9.01. The molecule has 0 radical (unpaired) electrons. The Hall–Kier alpha value is -5.97. The van der Waals surface area contributed by atoms with Crippen molar-refractivity contribution in [2.75, 3.05) is 76.1 Å². The van der Waals surface area contributed by atoms with E-state index < -0.39 is 17.4 Å². The number of aromatic nitrogens is 6. The first-order valence-corrected chi connectivity index (χ1v) is 23.8. The highest BCUT2D eigenvalue weighted by atomic mass is 32.1. The average Bonchev–Trinajstić information content (AvgIpc) is 4.02. The van der Waals surface area contributed by atoms with Gasteiger partial charge in [0.2, 0.25) is 35.4 Å². The average molecular weight is 902 g/mol. The highest BCUT2D eigenvalue weighted by molar-refractivity contribution is 7.16. The van der Waals surface area contributed by atoms with Crippen LogP contribution in [0.4, 0.5) is 10.9 Å². The van der Waals surface area contributed by atoms with Crippen LogP contribution in [0.25, 0.3) is 22.6 Å². The molecule has 3 N–H and O–H groups in total. The zero-order valence-electron chi connectivity index (χ0n) is 37.0. The van der Waals surface area contributed by atoms with Gasteiger partial charge in [-0.2, -0.15) is 10.2 Å². The first kappa shape index (κ1) is 43.0. The Morgan fingerprint density at radius 1 is 0.969 bits per heavy atom. The number of hydrogen-bond acceptors (Lipinski definition) is 15. The summed E-state index contributed by atoms with van der Waals surface area (Å²) in [4.78, 5) is 75.4. The minimum absolute atomic E-state index is 0.191. The number of nitrogens with two attached hydrogens (primary N) is 1. The Balaban J connectivity index is 0.674. The summed E-state index contributed by atoms with van der Waals surface area (Å²) >= 11 is 1.47. The number of anilines is 2. The molecule has 5 aromatic rings. The lowest BCUT2D eigenvalue weighted by molar-refractivity contribution is -0.136. The van der Waals surface area contributed by atoms with Crippen molar-refractivity contribution < 1.29 is 18.9 Å². The number of piperidine rings is 3. The van der Waals surface area contributed by atoms with Crippen molar-refractivity contribution in [3.8, 4) is 17.6 Å². The van der Waals surface area contributed by atoms with Crippen molar-refractivity contribution in [2.24, 2.45) is 13.0 Å². The van der Waals surface area contributed by atoms with E-state index in [2.05, 4.69) is 48.4 Å². The van der Waals surface area contributed by atoms with Gasteiger partial charge in [0.15, 0.2) is 0 Å². The highest BCUT2D eigenvalue weighted by Gasteiger charge is 2.43. The Morgan fingerprint density at radius 2 is 1.75 bits per heavy atom. The fraction of sp³-hybridized carbons (Fsp3) is 0.543. The summed E-state index contributed by atoms with van der Waals surface area (Å²) in [5.74, 6) is 1.84. The number of carbonyl (C=O) groups excluding carboxylic acids is 3. The van der Waals surface area contributed by atoms with Gasteiger partial charge in [-0.1, -0.05) is 11.2 Å². The third-order valence-corrected chi connectivity index (χ3v) is 15.8. The summed E-state index contributed by atoms with van der Waals surface area (Å²) in [5, 5.41) is 17.1. The summed E-state index contributed by atoms with van der Waals surface area (Å²) in [6.07, 6.45) is 8.93. The summed E-state index contributed by atoms with van der Waals surface area (Å²) in [7, 11) is 1.75. The second kappa shape index (κ2) is 17.4. The monoisotopic (exact) mass is 901 g/mol. The van der Waals surface area contributed by atoms with Gasteiger partial charge in [-0.05, 0) is 107 Å². The first-order chi connectivity index (χ1) is 31.5. The lowest BCUT2D eigenvalue weighted by Gasteiger charge is -2.39. The van der Waals surface area contributed by atoms with E-state index in [1.807, 2.05) is 17.9 Å². The second-order valence-electron chi connectivity index (χ2n) is 18.7. The minimum atomic E-state index is -0.686. The molecule has 4 fully saturated rings. The van der Waals surface area contributed by atoms with Gasteiger partial charge in [0.25, 0.3) is 0 Å². The van der Waals surface area contributed by atoms with E-state index in [0.717, 1.165) is 112 Å². The van der Waals surface area contributed by atoms with Crippen molar-refractivity contribution in [1.82, 2.24) is 49.3 Å². The summed E-state index contributed by atoms with van der Waals surface area (Å²) in [6, 6.07) is 9.56. The predicted octanol–water partition coefficient (Wildman–Crippen LogP) is 3.56. The van der Waals surface area contributed by atoms with E-state index >= 15 is 0 Å². The number of nitrogen functional groups attached to an aromatic ring is 1. The smallest absolute Gasteiger partial charge is 0.329 e. The molecule has 4 aromatic heterocycles. The molecule has 2 atom stereocenters. The second-order valence-corrected chi connectivity index (χ2v) is 19.8. The van der Waals surface area contributed by atoms with E-state index in [9.17, 15) is 24.4 Å². The van der Waals surface area contributed by atoms with E-state index in [1.54, 1.807) is 28.4 Å². The zero-order chi connectivity index (χ0) is 45.0. The van der Waals surface area contributed by atoms with Gasteiger partial charge in [0, 0.05) is 75.9 Å². The molecule has 18 nitrogen and oxygen atoms in total. The molecule has 5 aliphatic rings. The molecule has 1 unspecified atom stereocenters. The number of nitriles is 1. The third kappa shape index (κ3) is 8.09. The number of piperazine rings is 1. The largest absolute Gasteiger partial charge is 0.389 e. The number of imide groups is 1. The molecule has 3 amide bonds. The summed E-state index contributed by atoms with van der Waals surface area (Å²) in [6.45, 7) is 9.93. The van der Waals surface area contributed by atoms with Crippen LogP contribution in [0, 0.1) is 17.2 Å². The maximum atomic E-state index is 13.5. The van der Waals surface area contributed by atoms with Crippen LogP contribution >= 0.6 is 11.3 Å². The van der Waals surface area contributed by atoms with E-state index in [0.29, 0.717) is 71.8 Å². The molecule has 19 heteroatoms. The molecule has 4 saturated heterocycles. The third-order valence-electron chi connectivity index (χ3n) is 14.7. The van der Waals surface area contributed by atoms with E-state index in [4.69, 9.17) is 20.2 Å². The first-order valence-electron chi connectivity index (χ1n) is 23.0. The van der Waals surface area contributed by atoms with E-state index in [-0.39, 0.29) is 23.9 Å². The molecule has 1 aromatic carbocycles. The van der Waals surface area contributed by atoms with Crippen LogP contribution in [0.1, 0.15) is 97.7 Å². The topological polar surface area (TPSA) is 218 Å². The van der Waals surface area contributed by atoms with Crippen molar-refractivity contribution in [2.45, 2.75) is 82.1 Å². The van der Waals surface area contributed by atoms with Crippen LogP contribution in [0.15, 0.2) is 39.8 Å². The van der Waals surface area contributed by atoms with Crippen LogP contribution in [-0.2, 0) is 33.3 Å². The van der Waals surface area contributed by atoms with Gasteiger partial charge in [-0.25, -0.2) is 14.8 Å². The van der Waals surface area contributed by atoms with Crippen molar-refractivity contribution in [3.63, 3.8) is 0 Å². The number of hydrogen-bond donors (Lipinski definition) is 2. The molecule has 0 saturated carbocycles. The summed E-state index contributed by atoms with van der Waals surface area (Å²) in [5.41, 5.74) is 10.1. The number of amides is 3. The molecule has 0 bridgehead atoms. The molecule has 10 rings (SSSR count). The standard InChI is InChI=1S/C46H55N13O5S/c1-46(14-3-4-36-39(46)31(25-47)40(48)65-36)43-52-41(53-64-43)32-9-15-49-44(50-32)58-22-20-56(21-23-58)27-38(61)57-18-10-28(11-19-57)26-55-16-12-29(13-17-55)30-5-6-33-35(24-30)54(2)45(63)59(33)34-7-8-37(60)51-42(34)62/h5-6,9,15,24,28-29,34H,3-4,7-8,10-14,16-23,26-27,48H2,1-2H3,(H,51,60,62)/t34?,46-/m0/s1. The number of imidazole rings is 1. The van der Waals surface area contributed by atoms with Crippen LogP contribution in [0.5, 0.6) is 0 Å². The number of thiophene rings is 1. The Morgan fingerprint density at radius 3 is 2.51 bits per heavy atom. The molecule has 0 spiro atoms. The maximum absolute atomic E-state index is 13.5. The number of rotatable bonds is 9. The molecule has 340 valence electrons. The molecular weight excluding hydrogens is 847 g/mol. The molecule has 4 aliphatic heterocycles. The quantitative estimate of drug-likeness (QED) is 0.202. The Bertz CT molecular complexity index is 2750. The molecule has 65 heavy (non-hydrogen) atoms. The molecule has 1 aliphatic carbocycles. The number of fused-ring (bicyclic) bond motifs is 2.